The first-order valence-electron chi connectivity index (χ1n) is 5.51. The van der Waals surface area contributed by atoms with Crippen LogP contribution in [0.4, 0.5) is 0 Å². The van der Waals surface area contributed by atoms with Gasteiger partial charge in [-0.05, 0) is 29.8 Å². The van der Waals surface area contributed by atoms with Gasteiger partial charge in [-0.2, -0.15) is 5.10 Å². The van der Waals surface area contributed by atoms with Crippen LogP contribution in [0.15, 0.2) is 45.2 Å². The minimum absolute atomic E-state index is 0.117. The largest absolute Gasteiger partial charge is 0.508 e. The molecule has 0 saturated carbocycles. The topological polar surface area (TPSA) is 127 Å². The van der Waals surface area contributed by atoms with Gasteiger partial charge in [-0.15, -0.1) is 0 Å². The van der Waals surface area contributed by atoms with Gasteiger partial charge in [-0.25, -0.2) is 10.2 Å². The van der Waals surface area contributed by atoms with Crippen LogP contribution in [0.1, 0.15) is 15.9 Å². The number of H-pyrrole nitrogens is 2. The number of amides is 1. The molecule has 20 heavy (non-hydrogen) atoms. The van der Waals surface area contributed by atoms with Crippen molar-refractivity contribution in [1.82, 2.24) is 15.4 Å². The van der Waals surface area contributed by atoms with E-state index in [1.807, 2.05) is 4.98 Å². The van der Waals surface area contributed by atoms with Gasteiger partial charge in [0.2, 0.25) is 0 Å². The molecular weight excluding hydrogens is 264 g/mol. The van der Waals surface area contributed by atoms with Crippen LogP contribution < -0.4 is 16.7 Å². The van der Waals surface area contributed by atoms with Gasteiger partial charge in [0.15, 0.2) is 0 Å². The zero-order valence-electron chi connectivity index (χ0n) is 10.1. The molecule has 0 aliphatic heterocycles. The Morgan fingerprint density at radius 3 is 2.60 bits per heavy atom. The molecule has 0 atom stereocenters. The van der Waals surface area contributed by atoms with Crippen molar-refractivity contribution in [1.29, 1.82) is 0 Å². The van der Waals surface area contributed by atoms with Crippen LogP contribution in [0.25, 0.3) is 0 Å². The van der Waals surface area contributed by atoms with Crippen LogP contribution in [0.5, 0.6) is 5.75 Å². The summed E-state index contributed by atoms with van der Waals surface area (Å²) in [6.45, 7) is 0. The Hall–Kier alpha value is -3.16. The Morgan fingerprint density at radius 2 is 1.95 bits per heavy atom. The van der Waals surface area contributed by atoms with E-state index in [2.05, 4.69) is 15.5 Å². The quantitative estimate of drug-likeness (QED) is 0.445. The predicted molar refractivity (Wildman–Crippen MR) is 70.9 cm³/mol. The normalized spacial score (nSPS) is 10.6. The Balaban J connectivity index is 2.07. The van der Waals surface area contributed by atoms with E-state index in [9.17, 15) is 14.4 Å². The molecule has 1 heterocycles. The van der Waals surface area contributed by atoms with Gasteiger partial charge in [-0.1, -0.05) is 0 Å². The van der Waals surface area contributed by atoms with Crippen LogP contribution in [0.2, 0.25) is 0 Å². The molecule has 1 aromatic heterocycles. The zero-order chi connectivity index (χ0) is 14.5. The van der Waals surface area contributed by atoms with Crippen molar-refractivity contribution in [2.75, 3.05) is 0 Å². The van der Waals surface area contributed by atoms with Crippen LogP contribution in [0.3, 0.4) is 0 Å². The monoisotopic (exact) mass is 274 g/mol. The standard InChI is InChI=1S/C12H10N4O4/c17-8-3-1-7(2-4-8)5-14-16-11(19)9-6-13-12(20)15-10(9)18/h1-6,17H,(H,16,19)(H2,13,15,18,20)/b14-5+. The smallest absolute Gasteiger partial charge is 0.325 e. The number of carbonyl (C=O) groups excluding carboxylic acids is 1. The maximum absolute atomic E-state index is 11.6. The molecule has 0 radical (unpaired) electrons. The van der Waals surface area contributed by atoms with Crippen molar-refractivity contribution < 1.29 is 9.90 Å². The first-order chi connectivity index (χ1) is 9.56. The van der Waals surface area contributed by atoms with Gasteiger partial charge >= 0.3 is 5.69 Å². The van der Waals surface area contributed by atoms with E-state index >= 15 is 0 Å². The van der Waals surface area contributed by atoms with Crippen molar-refractivity contribution in [3.63, 3.8) is 0 Å². The van der Waals surface area contributed by atoms with Gasteiger partial charge in [0.1, 0.15) is 11.3 Å². The number of aromatic amines is 2. The molecule has 102 valence electrons. The minimum Gasteiger partial charge on any atom is -0.508 e. The second-order valence-corrected chi connectivity index (χ2v) is 3.78. The highest BCUT2D eigenvalue weighted by atomic mass is 16.3. The molecule has 8 heteroatoms. The maximum Gasteiger partial charge on any atom is 0.325 e. The first-order valence-corrected chi connectivity index (χ1v) is 5.51. The van der Waals surface area contributed by atoms with E-state index in [1.165, 1.54) is 18.3 Å². The first kappa shape index (κ1) is 13.3. The molecule has 0 bridgehead atoms. The number of aromatic nitrogens is 2. The fraction of sp³-hybridized carbons (Fsp3) is 0. The molecule has 0 aliphatic rings. The number of carbonyl (C=O) groups is 1. The maximum atomic E-state index is 11.6. The van der Waals surface area contributed by atoms with Crippen LogP contribution in [-0.2, 0) is 0 Å². The second-order valence-electron chi connectivity index (χ2n) is 3.78. The Kier molecular flexibility index (Phi) is 3.75. The van der Waals surface area contributed by atoms with Gasteiger partial charge in [0, 0.05) is 6.20 Å². The van der Waals surface area contributed by atoms with Crippen LogP contribution in [0, 0.1) is 0 Å². The van der Waals surface area contributed by atoms with Gasteiger partial charge in [0.25, 0.3) is 11.5 Å². The number of nitrogens with zero attached hydrogens (tertiary/aromatic N) is 1. The van der Waals surface area contributed by atoms with E-state index in [0.717, 1.165) is 6.20 Å². The fourth-order valence-corrected chi connectivity index (χ4v) is 1.36. The van der Waals surface area contributed by atoms with E-state index in [4.69, 9.17) is 5.11 Å². The highest BCUT2D eigenvalue weighted by Gasteiger charge is 2.09. The summed E-state index contributed by atoms with van der Waals surface area (Å²) in [7, 11) is 0. The second kappa shape index (κ2) is 5.65. The molecule has 0 fully saturated rings. The summed E-state index contributed by atoms with van der Waals surface area (Å²) in [6.07, 6.45) is 2.35. The highest BCUT2D eigenvalue weighted by molar-refractivity contribution is 5.94. The minimum atomic E-state index is -0.800. The average Bonchev–Trinajstić information content (AvgIpc) is 2.41. The third kappa shape index (κ3) is 3.19. The molecule has 0 saturated heterocycles. The summed E-state index contributed by atoms with van der Waals surface area (Å²) < 4.78 is 0. The predicted octanol–water partition coefficient (Wildman–Crippen LogP) is -0.467. The van der Waals surface area contributed by atoms with Crippen molar-refractivity contribution in [3.05, 3.63) is 62.4 Å². The Morgan fingerprint density at radius 1 is 1.25 bits per heavy atom. The number of nitrogens with one attached hydrogen (secondary N) is 3. The van der Waals surface area contributed by atoms with Crippen molar-refractivity contribution >= 4 is 12.1 Å². The lowest BCUT2D eigenvalue weighted by Gasteiger charge is -1.98. The molecule has 1 aromatic carbocycles. The van der Waals surface area contributed by atoms with E-state index < -0.39 is 17.2 Å². The number of hydrogen-bond acceptors (Lipinski definition) is 5. The SMILES string of the molecule is O=C(N/N=C/c1ccc(O)cc1)c1c[nH]c(=O)[nH]c1=O. The number of phenolic OH excluding ortho intramolecular Hbond substituents is 1. The number of benzene rings is 1. The van der Waals surface area contributed by atoms with Gasteiger partial charge in [-0.3, -0.25) is 14.6 Å². The Labute approximate surface area is 111 Å². The molecule has 2 rings (SSSR count). The molecule has 0 spiro atoms. The number of hydrogen-bond donors (Lipinski definition) is 4. The fourth-order valence-electron chi connectivity index (χ4n) is 1.36. The summed E-state index contributed by atoms with van der Waals surface area (Å²) in [5.41, 5.74) is 1.05. The van der Waals surface area contributed by atoms with E-state index in [0.29, 0.717) is 5.56 Å². The van der Waals surface area contributed by atoms with Crippen molar-refractivity contribution in [2.45, 2.75) is 0 Å². The van der Waals surface area contributed by atoms with E-state index in [-0.39, 0.29) is 11.3 Å². The lowest BCUT2D eigenvalue weighted by atomic mass is 10.2. The lowest BCUT2D eigenvalue weighted by Crippen LogP contribution is -2.31. The van der Waals surface area contributed by atoms with Crippen molar-refractivity contribution in [2.24, 2.45) is 5.10 Å². The summed E-state index contributed by atoms with van der Waals surface area (Å²) in [5, 5.41) is 12.8. The summed E-state index contributed by atoms with van der Waals surface area (Å²) in [6, 6.07) is 6.13. The third-order valence-corrected chi connectivity index (χ3v) is 2.34. The van der Waals surface area contributed by atoms with Crippen LogP contribution >= 0.6 is 0 Å². The van der Waals surface area contributed by atoms with Gasteiger partial charge < -0.3 is 10.1 Å². The molecule has 0 aliphatic carbocycles. The third-order valence-electron chi connectivity index (χ3n) is 2.34. The number of hydrazone groups is 1. The number of aromatic hydroxyl groups is 1. The molecule has 0 unspecified atom stereocenters. The highest BCUT2D eigenvalue weighted by Crippen LogP contribution is 2.07. The average molecular weight is 274 g/mol. The van der Waals surface area contributed by atoms with Crippen molar-refractivity contribution in [3.8, 4) is 5.75 Å². The molecule has 1 amide bonds. The molecule has 8 nitrogen and oxygen atoms in total. The lowest BCUT2D eigenvalue weighted by molar-refractivity contribution is 0.0953. The molecular formula is C12H10N4O4. The summed E-state index contributed by atoms with van der Waals surface area (Å²) >= 11 is 0. The summed E-state index contributed by atoms with van der Waals surface area (Å²) in [4.78, 5) is 37.9. The van der Waals surface area contributed by atoms with Crippen LogP contribution in [-0.4, -0.2) is 27.2 Å². The zero-order valence-corrected chi connectivity index (χ0v) is 10.1. The summed E-state index contributed by atoms with van der Waals surface area (Å²) in [5.74, 6) is -0.636. The number of rotatable bonds is 3. The molecule has 2 aromatic rings. The number of phenols is 1. The molecule has 4 N–H and O–H groups in total. The Bertz CT molecular complexity index is 758. The van der Waals surface area contributed by atoms with E-state index in [1.54, 1.807) is 12.1 Å². The van der Waals surface area contributed by atoms with Gasteiger partial charge in [0.05, 0.1) is 6.21 Å².